The van der Waals surface area contributed by atoms with Gasteiger partial charge in [-0.2, -0.15) is 0 Å². The van der Waals surface area contributed by atoms with E-state index in [1.165, 1.54) is 28.5 Å². The monoisotopic (exact) mass is 601 g/mol. The summed E-state index contributed by atoms with van der Waals surface area (Å²) in [5.74, 6) is 0.180. The molecule has 0 aliphatic heterocycles. The lowest BCUT2D eigenvalue weighted by molar-refractivity contribution is -0.118. The van der Waals surface area contributed by atoms with E-state index in [9.17, 15) is 9.59 Å². The molecule has 0 aliphatic rings. The molecule has 1 aromatic heterocycles. The molecule has 0 spiro atoms. The van der Waals surface area contributed by atoms with Crippen molar-refractivity contribution in [2.24, 2.45) is 0 Å². The maximum Gasteiger partial charge on any atom is 0.262 e. The van der Waals surface area contributed by atoms with Crippen molar-refractivity contribution in [2.45, 2.75) is 10.1 Å². The first-order valence-corrected chi connectivity index (χ1v) is 15.4. The van der Waals surface area contributed by atoms with E-state index < -0.39 is 5.25 Å². The average molecular weight is 602 g/mol. The summed E-state index contributed by atoms with van der Waals surface area (Å²) >= 11 is 2.81. The number of para-hydroxylation sites is 1. The molecule has 6 nitrogen and oxygen atoms in total. The fraction of sp³-hybridized carbons (Fsp3) is 0.0571. The zero-order valence-corrected chi connectivity index (χ0v) is 24.6. The van der Waals surface area contributed by atoms with Crippen molar-refractivity contribution >= 4 is 56.5 Å². The number of anilines is 2. The number of hydrogen-bond acceptors (Lipinski definition) is 6. The van der Waals surface area contributed by atoms with Crippen LogP contribution in [0.5, 0.6) is 5.75 Å². The summed E-state index contributed by atoms with van der Waals surface area (Å²) < 4.78 is 5.55. The van der Waals surface area contributed by atoms with Crippen LogP contribution in [0.1, 0.15) is 10.8 Å². The minimum absolute atomic E-state index is 0.106. The molecule has 1 heterocycles. The molecule has 6 rings (SSSR count). The van der Waals surface area contributed by atoms with Crippen molar-refractivity contribution in [3.8, 4) is 17.0 Å². The Morgan fingerprint density at radius 2 is 1.51 bits per heavy atom. The number of carbonyl (C=O) groups excluding carboxylic acids is 2. The number of thiazole rings is 1. The van der Waals surface area contributed by atoms with Crippen LogP contribution in [0.25, 0.3) is 22.0 Å². The van der Waals surface area contributed by atoms with E-state index in [-0.39, 0.29) is 18.4 Å². The third-order valence-corrected chi connectivity index (χ3v) is 8.61. The molecule has 2 N–H and O–H groups in total. The fourth-order valence-corrected chi connectivity index (χ4v) is 6.34. The number of ether oxygens (including phenoxy) is 1. The van der Waals surface area contributed by atoms with Gasteiger partial charge in [-0.25, -0.2) is 4.98 Å². The van der Waals surface area contributed by atoms with Gasteiger partial charge in [-0.15, -0.1) is 23.1 Å². The Balaban J connectivity index is 1.15. The molecular weight excluding hydrogens is 575 g/mol. The number of fused-ring (bicyclic) bond motifs is 1. The summed E-state index contributed by atoms with van der Waals surface area (Å²) in [6.45, 7) is -0.106. The molecule has 6 aromatic rings. The number of nitrogens with one attached hydrogen (secondary N) is 2. The largest absolute Gasteiger partial charge is 0.484 e. The Kier molecular flexibility index (Phi) is 8.77. The minimum Gasteiger partial charge on any atom is -0.484 e. The van der Waals surface area contributed by atoms with Gasteiger partial charge in [-0.3, -0.25) is 9.59 Å². The summed E-state index contributed by atoms with van der Waals surface area (Å²) in [6.07, 6.45) is 0. The van der Waals surface area contributed by atoms with Crippen LogP contribution in [0.3, 0.4) is 0 Å². The molecule has 1 unspecified atom stereocenters. The molecule has 0 bridgehead atoms. The molecular formula is C35H27N3O3S2. The van der Waals surface area contributed by atoms with Gasteiger partial charge in [0.2, 0.25) is 5.91 Å². The van der Waals surface area contributed by atoms with E-state index in [0.29, 0.717) is 16.6 Å². The van der Waals surface area contributed by atoms with Crippen molar-refractivity contribution in [3.05, 3.63) is 138 Å². The molecule has 2 amide bonds. The van der Waals surface area contributed by atoms with E-state index in [2.05, 4.69) is 34.9 Å². The van der Waals surface area contributed by atoms with Crippen LogP contribution in [0.15, 0.2) is 138 Å². The molecule has 0 radical (unpaired) electrons. The van der Waals surface area contributed by atoms with Gasteiger partial charge in [0.05, 0.1) is 5.69 Å². The van der Waals surface area contributed by atoms with Crippen LogP contribution in [0.2, 0.25) is 0 Å². The number of benzene rings is 5. The highest BCUT2D eigenvalue weighted by Crippen LogP contribution is 2.38. The van der Waals surface area contributed by atoms with Crippen molar-refractivity contribution in [1.29, 1.82) is 0 Å². The fourth-order valence-electron chi connectivity index (χ4n) is 4.53. The standard InChI is InChI=1S/C35H27N3O3S2/c39-32(22-41-29-15-5-2-6-16-29)36-28-14-9-17-30(21-28)43-33(25-11-3-1-4-12-25)34(40)38-35-37-31(23-42-35)27-19-18-24-10-7-8-13-26(24)20-27/h1-21,23,33H,22H2,(H,36,39)(H,37,38,40). The summed E-state index contributed by atoms with van der Waals surface area (Å²) in [5.41, 5.74) is 3.30. The Labute approximate surface area is 257 Å². The Bertz CT molecular complexity index is 1860. The van der Waals surface area contributed by atoms with Crippen molar-refractivity contribution in [3.63, 3.8) is 0 Å². The maximum absolute atomic E-state index is 13.7. The maximum atomic E-state index is 13.7. The number of nitrogens with zero attached hydrogens (tertiary/aromatic N) is 1. The third kappa shape index (κ3) is 7.30. The normalized spacial score (nSPS) is 11.5. The Hall–Kier alpha value is -4.92. The van der Waals surface area contributed by atoms with E-state index in [0.717, 1.165) is 27.1 Å². The molecule has 0 saturated carbocycles. The van der Waals surface area contributed by atoms with E-state index in [1.807, 2.05) is 96.4 Å². The number of hydrogen-bond donors (Lipinski definition) is 2. The number of rotatable bonds is 10. The molecule has 0 aliphatic carbocycles. The second kappa shape index (κ2) is 13.4. The highest BCUT2D eigenvalue weighted by Gasteiger charge is 2.23. The molecule has 8 heteroatoms. The first kappa shape index (κ1) is 28.2. The molecule has 43 heavy (non-hydrogen) atoms. The number of carbonyl (C=O) groups is 2. The summed E-state index contributed by atoms with van der Waals surface area (Å²) in [5, 5.41) is 10.2. The van der Waals surface area contributed by atoms with Crippen LogP contribution in [0, 0.1) is 0 Å². The quantitative estimate of drug-likeness (QED) is 0.154. The predicted molar refractivity (Wildman–Crippen MR) is 176 cm³/mol. The van der Waals surface area contributed by atoms with Crippen LogP contribution in [-0.4, -0.2) is 23.4 Å². The van der Waals surface area contributed by atoms with Crippen LogP contribution < -0.4 is 15.4 Å². The number of thioether (sulfide) groups is 1. The van der Waals surface area contributed by atoms with Gasteiger partial charge in [0.1, 0.15) is 11.0 Å². The van der Waals surface area contributed by atoms with Crippen molar-refractivity contribution in [1.82, 2.24) is 4.98 Å². The smallest absolute Gasteiger partial charge is 0.262 e. The summed E-state index contributed by atoms with van der Waals surface area (Å²) in [7, 11) is 0. The van der Waals surface area contributed by atoms with Gasteiger partial charge in [0, 0.05) is 21.5 Å². The highest BCUT2D eigenvalue weighted by molar-refractivity contribution is 8.00. The molecule has 0 fully saturated rings. The highest BCUT2D eigenvalue weighted by atomic mass is 32.2. The first-order valence-electron chi connectivity index (χ1n) is 13.7. The van der Waals surface area contributed by atoms with Crippen molar-refractivity contribution in [2.75, 3.05) is 17.2 Å². The first-order chi connectivity index (χ1) is 21.1. The minimum atomic E-state index is -0.540. The van der Waals surface area contributed by atoms with E-state index >= 15 is 0 Å². The SMILES string of the molecule is O=C(COc1ccccc1)Nc1cccc(SC(C(=O)Nc2nc(-c3ccc4ccccc4c3)cs2)c2ccccc2)c1. The van der Waals surface area contributed by atoms with Crippen molar-refractivity contribution < 1.29 is 14.3 Å². The Morgan fingerprint density at radius 3 is 2.33 bits per heavy atom. The van der Waals surface area contributed by atoms with Gasteiger partial charge in [-0.1, -0.05) is 91.0 Å². The van der Waals surface area contributed by atoms with Gasteiger partial charge >= 0.3 is 0 Å². The predicted octanol–water partition coefficient (Wildman–Crippen LogP) is 8.45. The number of aromatic nitrogens is 1. The molecule has 1 atom stereocenters. The van der Waals surface area contributed by atoms with Gasteiger partial charge in [-0.05, 0) is 52.7 Å². The van der Waals surface area contributed by atoms with Crippen LogP contribution in [-0.2, 0) is 9.59 Å². The lowest BCUT2D eigenvalue weighted by Crippen LogP contribution is -2.20. The lowest BCUT2D eigenvalue weighted by Gasteiger charge is -2.17. The zero-order chi connectivity index (χ0) is 29.4. The Morgan fingerprint density at radius 1 is 0.767 bits per heavy atom. The lowest BCUT2D eigenvalue weighted by atomic mass is 10.1. The van der Waals surface area contributed by atoms with E-state index in [1.54, 1.807) is 12.1 Å². The van der Waals surface area contributed by atoms with Gasteiger partial charge < -0.3 is 15.4 Å². The number of amides is 2. The molecule has 212 valence electrons. The molecule has 5 aromatic carbocycles. The third-order valence-electron chi connectivity index (χ3n) is 6.60. The van der Waals surface area contributed by atoms with Crippen LogP contribution in [0.4, 0.5) is 10.8 Å². The average Bonchev–Trinajstić information content (AvgIpc) is 3.52. The second-order valence-corrected chi connectivity index (χ2v) is 11.7. The van der Waals surface area contributed by atoms with Gasteiger partial charge in [0.15, 0.2) is 11.7 Å². The van der Waals surface area contributed by atoms with Gasteiger partial charge in [0.25, 0.3) is 5.91 Å². The summed E-state index contributed by atoms with van der Waals surface area (Å²) in [6, 6.07) is 40.7. The zero-order valence-electron chi connectivity index (χ0n) is 23.0. The van der Waals surface area contributed by atoms with Crippen LogP contribution >= 0.6 is 23.1 Å². The topological polar surface area (TPSA) is 80.3 Å². The summed E-state index contributed by atoms with van der Waals surface area (Å²) in [4.78, 5) is 31.7. The van der Waals surface area contributed by atoms with E-state index in [4.69, 9.17) is 9.72 Å². The molecule has 0 saturated heterocycles. The second-order valence-electron chi connectivity index (χ2n) is 9.68.